The van der Waals surface area contributed by atoms with E-state index in [0.717, 1.165) is 14.8 Å². The molecule has 0 aliphatic rings. The lowest BCUT2D eigenvalue weighted by Gasteiger charge is -2.19. The minimum absolute atomic E-state index is 0.136. The number of carbonyl (C=O) groups excluding carboxylic acids is 1. The number of halogens is 1. The van der Waals surface area contributed by atoms with Crippen molar-refractivity contribution in [2.75, 3.05) is 19.8 Å². The van der Waals surface area contributed by atoms with E-state index < -0.39 is 15.9 Å². The second kappa shape index (κ2) is 8.66. The molecule has 1 unspecified atom stereocenters. The van der Waals surface area contributed by atoms with Gasteiger partial charge in [0.2, 0.25) is 15.9 Å². The highest BCUT2D eigenvalue weighted by atomic mass is 32.2. The molecule has 0 spiro atoms. The van der Waals surface area contributed by atoms with Crippen molar-refractivity contribution in [2.45, 2.75) is 22.8 Å². The normalized spacial score (nSPS) is 12.8. The lowest BCUT2D eigenvalue weighted by atomic mass is 10.1. The van der Waals surface area contributed by atoms with Gasteiger partial charge in [-0.1, -0.05) is 12.1 Å². The second-order valence-electron chi connectivity index (χ2n) is 5.78. The molecule has 0 saturated carbocycles. The van der Waals surface area contributed by atoms with Gasteiger partial charge in [0, 0.05) is 11.9 Å². The van der Waals surface area contributed by atoms with Crippen LogP contribution in [0.3, 0.4) is 0 Å². The van der Waals surface area contributed by atoms with Crippen LogP contribution >= 0.6 is 11.8 Å². The van der Waals surface area contributed by atoms with E-state index in [9.17, 15) is 17.6 Å². The zero-order valence-corrected chi connectivity index (χ0v) is 16.4. The van der Waals surface area contributed by atoms with Gasteiger partial charge in [0.25, 0.3) is 0 Å². The van der Waals surface area contributed by atoms with Gasteiger partial charge in [0.1, 0.15) is 5.82 Å². The van der Waals surface area contributed by atoms with Crippen LogP contribution in [0.25, 0.3) is 0 Å². The number of likely N-dealkylation sites (N-methyl/N-ethyl adjacent to an activating group) is 1. The second-order valence-corrected chi connectivity index (χ2v) is 8.70. The number of thioether (sulfide) groups is 1. The van der Waals surface area contributed by atoms with Crippen molar-refractivity contribution in [1.82, 2.24) is 9.62 Å². The van der Waals surface area contributed by atoms with Gasteiger partial charge in [0.15, 0.2) is 0 Å². The van der Waals surface area contributed by atoms with E-state index in [1.807, 2.05) is 6.26 Å². The van der Waals surface area contributed by atoms with Crippen LogP contribution in [0.1, 0.15) is 18.5 Å². The van der Waals surface area contributed by atoms with Gasteiger partial charge in [-0.15, -0.1) is 11.8 Å². The number of hydrogen-bond acceptors (Lipinski definition) is 4. The van der Waals surface area contributed by atoms with E-state index in [1.54, 1.807) is 31.2 Å². The molecular formula is C18H21FN2O3S2. The molecule has 26 heavy (non-hydrogen) atoms. The van der Waals surface area contributed by atoms with Crippen LogP contribution < -0.4 is 5.32 Å². The Kier molecular flexibility index (Phi) is 6.80. The third-order valence-corrected chi connectivity index (χ3v) is 6.44. The first-order valence-corrected chi connectivity index (χ1v) is 10.6. The summed E-state index contributed by atoms with van der Waals surface area (Å²) in [5.74, 6) is -0.792. The third-order valence-electron chi connectivity index (χ3n) is 3.88. The summed E-state index contributed by atoms with van der Waals surface area (Å²) in [6.45, 7) is 1.44. The van der Waals surface area contributed by atoms with E-state index in [2.05, 4.69) is 5.32 Å². The lowest BCUT2D eigenvalue weighted by molar-refractivity contribution is -0.121. The van der Waals surface area contributed by atoms with Gasteiger partial charge in [-0.25, -0.2) is 12.8 Å². The van der Waals surface area contributed by atoms with E-state index >= 15 is 0 Å². The molecule has 0 aliphatic carbocycles. The molecule has 140 valence electrons. The Hall–Kier alpha value is -1.90. The predicted molar refractivity (Wildman–Crippen MR) is 101 cm³/mol. The molecule has 0 fully saturated rings. The predicted octanol–water partition coefficient (Wildman–Crippen LogP) is 3.05. The third kappa shape index (κ3) is 5.06. The highest BCUT2D eigenvalue weighted by Gasteiger charge is 2.23. The first-order chi connectivity index (χ1) is 12.2. The maximum Gasteiger partial charge on any atom is 0.243 e. The maximum atomic E-state index is 13.0. The van der Waals surface area contributed by atoms with E-state index in [0.29, 0.717) is 0 Å². The standard InChI is InChI=1S/C18H21FN2O3S2/c1-13(14-4-6-15(19)7-5-14)20-18(22)12-21(2)26(23,24)17-10-8-16(25-3)9-11-17/h4-11,13H,12H2,1-3H3,(H,20,22). The first-order valence-electron chi connectivity index (χ1n) is 7.89. The Balaban J connectivity index is 2.01. The fraction of sp³-hybridized carbons (Fsp3) is 0.278. The summed E-state index contributed by atoms with van der Waals surface area (Å²) in [4.78, 5) is 13.3. The number of rotatable bonds is 7. The van der Waals surface area contributed by atoms with Crippen molar-refractivity contribution in [3.8, 4) is 0 Å². The molecule has 0 aliphatic heterocycles. The van der Waals surface area contributed by atoms with Gasteiger partial charge in [-0.3, -0.25) is 4.79 Å². The van der Waals surface area contributed by atoms with E-state index in [4.69, 9.17) is 0 Å². The molecule has 0 radical (unpaired) electrons. The molecule has 0 bridgehead atoms. The molecule has 0 saturated heterocycles. The zero-order chi connectivity index (χ0) is 19.3. The largest absolute Gasteiger partial charge is 0.348 e. The van der Waals surface area contributed by atoms with Crippen LogP contribution in [0, 0.1) is 5.82 Å². The Morgan fingerprint density at radius 3 is 2.27 bits per heavy atom. The van der Waals surface area contributed by atoms with E-state index in [1.165, 1.54) is 43.1 Å². The van der Waals surface area contributed by atoms with E-state index in [-0.39, 0.29) is 23.3 Å². The average molecular weight is 397 g/mol. The number of sulfonamides is 1. The van der Waals surface area contributed by atoms with Crippen molar-refractivity contribution >= 4 is 27.7 Å². The van der Waals surface area contributed by atoms with Gasteiger partial charge in [-0.2, -0.15) is 4.31 Å². The van der Waals surface area contributed by atoms with Crippen molar-refractivity contribution in [2.24, 2.45) is 0 Å². The Bertz CT molecular complexity index is 853. The molecule has 1 atom stereocenters. The molecule has 0 aromatic heterocycles. The van der Waals surface area contributed by atoms with Crippen LogP contribution in [0.5, 0.6) is 0 Å². The summed E-state index contributed by atoms with van der Waals surface area (Å²) in [6.07, 6.45) is 1.91. The van der Waals surface area contributed by atoms with Gasteiger partial charge in [-0.05, 0) is 55.1 Å². The summed E-state index contributed by atoms with van der Waals surface area (Å²) in [6, 6.07) is 11.9. The molecule has 1 amide bonds. The van der Waals surface area contributed by atoms with Crippen molar-refractivity contribution < 1.29 is 17.6 Å². The van der Waals surface area contributed by atoms with Crippen LogP contribution in [-0.2, 0) is 14.8 Å². The maximum absolute atomic E-state index is 13.0. The molecule has 5 nitrogen and oxygen atoms in total. The van der Waals surface area contributed by atoms with Crippen LogP contribution in [-0.4, -0.2) is 38.5 Å². The minimum Gasteiger partial charge on any atom is -0.348 e. The topological polar surface area (TPSA) is 66.5 Å². The van der Waals surface area contributed by atoms with Crippen LogP contribution in [0.4, 0.5) is 4.39 Å². The minimum atomic E-state index is -3.75. The first kappa shape index (κ1) is 20.4. The fourth-order valence-corrected chi connectivity index (χ4v) is 3.87. The summed E-state index contributed by atoms with van der Waals surface area (Å²) >= 11 is 1.52. The monoisotopic (exact) mass is 396 g/mol. The SMILES string of the molecule is CSc1ccc(S(=O)(=O)N(C)CC(=O)NC(C)c2ccc(F)cc2)cc1. The number of carbonyl (C=O) groups is 1. The number of hydrogen-bond donors (Lipinski definition) is 1. The summed E-state index contributed by atoms with van der Waals surface area (Å²) < 4.78 is 39.1. The number of amides is 1. The quantitative estimate of drug-likeness (QED) is 0.731. The summed E-state index contributed by atoms with van der Waals surface area (Å²) in [7, 11) is -2.39. The molecule has 8 heteroatoms. The summed E-state index contributed by atoms with van der Waals surface area (Å²) in [5.41, 5.74) is 0.734. The van der Waals surface area contributed by atoms with Gasteiger partial charge in [0.05, 0.1) is 17.5 Å². The lowest BCUT2D eigenvalue weighted by Crippen LogP contribution is -2.39. The highest BCUT2D eigenvalue weighted by Crippen LogP contribution is 2.20. The van der Waals surface area contributed by atoms with Gasteiger partial charge < -0.3 is 5.32 Å². The van der Waals surface area contributed by atoms with Crippen molar-refractivity contribution in [3.05, 3.63) is 59.9 Å². The van der Waals surface area contributed by atoms with Crippen LogP contribution in [0.2, 0.25) is 0 Å². The average Bonchev–Trinajstić information content (AvgIpc) is 2.62. The highest BCUT2D eigenvalue weighted by molar-refractivity contribution is 7.98. The number of benzene rings is 2. The summed E-state index contributed by atoms with van der Waals surface area (Å²) in [5, 5.41) is 2.72. The molecule has 2 aromatic rings. The molecule has 1 N–H and O–H groups in total. The van der Waals surface area contributed by atoms with Crippen LogP contribution in [0.15, 0.2) is 58.3 Å². The molecule has 2 aromatic carbocycles. The van der Waals surface area contributed by atoms with Crippen molar-refractivity contribution in [1.29, 1.82) is 0 Å². The molecule has 0 heterocycles. The number of nitrogens with one attached hydrogen (secondary N) is 1. The van der Waals surface area contributed by atoms with Crippen molar-refractivity contribution in [3.63, 3.8) is 0 Å². The Morgan fingerprint density at radius 1 is 1.15 bits per heavy atom. The zero-order valence-electron chi connectivity index (χ0n) is 14.8. The molecular weight excluding hydrogens is 375 g/mol. The van der Waals surface area contributed by atoms with Gasteiger partial charge >= 0.3 is 0 Å². The molecule has 2 rings (SSSR count). The number of nitrogens with zero attached hydrogens (tertiary/aromatic N) is 1. The smallest absolute Gasteiger partial charge is 0.243 e. The fourth-order valence-electron chi connectivity index (χ4n) is 2.34. The Labute approximate surface area is 157 Å². The Morgan fingerprint density at radius 2 is 1.73 bits per heavy atom.